The largest absolute Gasteiger partial charge is 0.461 e. The summed E-state index contributed by atoms with van der Waals surface area (Å²) in [5, 5.41) is 8.41. The van der Waals surface area contributed by atoms with Gasteiger partial charge in [-0.05, 0) is 37.8 Å². The summed E-state index contributed by atoms with van der Waals surface area (Å²) >= 11 is 0. The third-order valence-corrected chi connectivity index (χ3v) is 4.28. The van der Waals surface area contributed by atoms with E-state index in [1.54, 1.807) is 19.9 Å². The first-order chi connectivity index (χ1) is 16.2. The quantitative estimate of drug-likeness (QED) is 0.227. The van der Waals surface area contributed by atoms with Gasteiger partial charge in [0.1, 0.15) is 31.8 Å². The molecule has 0 aliphatic rings. The fraction of sp³-hybridized carbons (Fsp3) is 0.500. The molecule has 0 spiro atoms. The van der Waals surface area contributed by atoms with Gasteiger partial charge < -0.3 is 23.8 Å². The predicted molar refractivity (Wildman–Crippen MR) is 118 cm³/mol. The molecule has 10 nitrogen and oxygen atoms in total. The predicted octanol–water partition coefficient (Wildman–Crippen LogP) is 2.33. The van der Waals surface area contributed by atoms with Gasteiger partial charge in [-0.25, -0.2) is 11.4 Å². The highest BCUT2D eigenvalue weighted by atomic mass is 16.6. The van der Waals surface area contributed by atoms with E-state index in [0.29, 0.717) is 12.8 Å². The zero-order valence-corrected chi connectivity index (χ0v) is 19.3. The Labute approximate surface area is 198 Å². The Morgan fingerprint density at radius 1 is 0.912 bits per heavy atom. The molecule has 1 rings (SSSR count). The van der Waals surface area contributed by atoms with Crippen LogP contribution >= 0.6 is 0 Å². The fourth-order valence-electron chi connectivity index (χ4n) is 2.71. The molecule has 0 saturated heterocycles. The molecule has 0 fully saturated rings. The van der Waals surface area contributed by atoms with E-state index >= 15 is 0 Å². The number of nitrogens with zero attached hydrogens (tertiary/aromatic N) is 2. The van der Waals surface area contributed by atoms with Crippen molar-refractivity contribution in [1.29, 1.82) is 5.26 Å². The molecule has 182 valence electrons. The van der Waals surface area contributed by atoms with Crippen molar-refractivity contribution >= 4 is 23.9 Å². The van der Waals surface area contributed by atoms with Crippen molar-refractivity contribution in [2.45, 2.75) is 58.2 Å². The van der Waals surface area contributed by atoms with E-state index < -0.39 is 36.1 Å². The number of benzene rings is 1. The van der Waals surface area contributed by atoms with Crippen LogP contribution in [-0.4, -0.2) is 55.8 Å². The topological polar surface area (TPSA) is 133 Å². The molecule has 2 unspecified atom stereocenters. The maximum atomic E-state index is 12.0. The van der Waals surface area contributed by atoms with Crippen LogP contribution < -0.4 is 0 Å². The average molecular weight is 472 g/mol. The second-order valence-corrected chi connectivity index (χ2v) is 7.44. The monoisotopic (exact) mass is 472 g/mol. The van der Waals surface area contributed by atoms with Crippen LogP contribution in [0, 0.1) is 17.9 Å². The van der Waals surface area contributed by atoms with Crippen molar-refractivity contribution in [2.75, 3.05) is 19.8 Å². The van der Waals surface area contributed by atoms with Gasteiger partial charge in [0.25, 0.3) is 0 Å². The summed E-state index contributed by atoms with van der Waals surface area (Å²) in [7, 11) is 0. The van der Waals surface area contributed by atoms with E-state index in [1.165, 1.54) is 0 Å². The summed E-state index contributed by atoms with van der Waals surface area (Å²) in [5.41, 5.74) is 1.80. The van der Waals surface area contributed by atoms with Gasteiger partial charge in [0.15, 0.2) is 0 Å². The minimum absolute atomic E-state index is 0.105. The Morgan fingerprint density at radius 3 is 1.88 bits per heavy atom. The van der Waals surface area contributed by atoms with Gasteiger partial charge in [-0.15, -0.1) is 0 Å². The highest BCUT2D eigenvalue weighted by Gasteiger charge is 2.15. The molecule has 1 aromatic carbocycles. The van der Waals surface area contributed by atoms with Gasteiger partial charge in [0, 0.05) is 12.8 Å². The van der Waals surface area contributed by atoms with Crippen molar-refractivity contribution in [1.82, 2.24) is 0 Å². The zero-order chi connectivity index (χ0) is 25.3. The van der Waals surface area contributed by atoms with Crippen molar-refractivity contribution < 1.29 is 38.1 Å². The molecule has 0 N–H and O–H groups in total. The normalized spacial score (nSPS) is 11.8. The number of carbonyl (C=O) groups is 4. The lowest BCUT2D eigenvalue weighted by molar-refractivity contribution is -0.157. The Morgan fingerprint density at radius 2 is 1.41 bits per heavy atom. The minimum atomic E-state index is -0.666. The number of hydrogen-bond donors (Lipinski definition) is 0. The molecule has 0 aliphatic heterocycles. The molecule has 0 heterocycles. The smallest absolute Gasteiger partial charge is 0.387 e. The molecular formula is C24H28N2O8. The highest BCUT2D eigenvalue weighted by Crippen LogP contribution is 2.11. The molecule has 0 amide bonds. The summed E-state index contributed by atoms with van der Waals surface area (Å²) in [4.78, 5) is 49.3. The van der Waals surface area contributed by atoms with E-state index in [1.807, 2.05) is 24.3 Å². The Kier molecular flexibility index (Phi) is 13.1. The first-order valence-electron chi connectivity index (χ1n) is 10.7. The van der Waals surface area contributed by atoms with E-state index in [2.05, 4.69) is 4.85 Å². The van der Waals surface area contributed by atoms with Crippen LogP contribution in [0.25, 0.3) is 4.85 Å². The first kappa shape index (κ1) is 28.1. The van der Waals surface area contributed by atoms with Gasteiger partial charge in [-0.3, -0.25) is 14.4 Å². The van der Waals surface area contributed by atoms with Gasteiger partial charge in [-0.1, -0.05) is 24.3 Å². The number of rotatable bonds is 14. The summed E-state index contributed by atoms with van der Waals surface area (Å²) < 4.78 is 20.0. The SMILES string of the molecule is [C-]#[N+]CC(=O)OCC(C)OC(=O)CCc1cccc(CCC(=O)OC(C)COC(=O)CC#N)c1. The number of nitriles is 1. The van der Waals surface area contributed by atoms with Crippen LogP contribution in [0.1, 0.15) is 44.2 Å². The maximum Gasteiger partial charge on any atom is 0.387 e. The highest BCUT2D eigenvalue weighted by molar-refractivity contribution is 5.73. The van der Waals surface area contributed by atoms with Gasteiger partial charge in [0.05, 0.1) is 6.07 Å². The van der Waals surface area contributed by atoms with Crippen molar-refractivity contribution in [3.05, 3.63) is 46.8 Å². The van der Waals surface area contributed by atoms with E-state index in [0.717, 1.165) is 11.1 Å². The standard InChI is InChI=1S/C24H28N2O8/c1-17(15-31-21(27)11-12-25)33-22(28)9-7-19-5-4-6-20(13-19)8-10-23(29)34-18(2)16-32-24(30)14-26-3/h4-6,13,17-18H,7-11,14-16H2,1-2H3. The summed E-state index contributed by atoms with van der Waals surface area (Å²) in [5.74, 6) is -2.20. The number of ether oxygens (including phenoxy) is 4. The lowest BCUT2D eigenvalue weighted by atomic mass is 10.0. The van der Waals surface area contributed by atoms with Gasteiger partial charge >= 0.3 is 30.4 Å². The third kappa shape index (κ3) is 12.8. The Balaban J connectivity index is 2.36. The fourth-order valence-corrected chi connectivity index (χ4v) is 2.71. The summed E-state index contributed by atoms with van der Waals surface area (Å²) in [6.45, 7) is 9.20. The van der Waals surface area contributed by atoms with Gasteiger partial charge in [0.2, 0.25) is 0 Å². The van der Waals surface area contributed by atoms with Crippen LogP contribution in [-0.2, 0) is 51.0 Å². The minimum Gasteiger partial charge on any atom is -0.461 e. The lowest BCUT2D eigenvalue weighted by Crippen LogP contribution is -2.23. The molecule has 0 saturated carbocycles. The lowest BCUT2D eigenvalue weighted by Gasteiger charge is -2.13. The van der Waals surface area contributed by atoms with E-state index in [-0.39, 0.29) is 39.0 Å². The Hall–Kier alpha value is -3.92. The molecule has 10 heteroatoms. The molecule has 34 heavy (non-hydrogen) atoms. The van der Waals surface area contributed by atoms with Crippen LogP contribution in [0.2, 0.25) is 0 Å². The molecular weight excluding hydrogens is 444 g/mol. The van der Waals surface area contributed by atoms with Gasteiger partial charge in [-0.2, -0.15) is 5.26 Å². The number of aryl methyl sites for hydroxylation is 2. The zero-order valence-electron chi connectivity index (χ0n) is 19.3. The van der Waals surface area contributed by atoms with E-state index in [9.17, 15) is 19.2 Å². The Bertz CT molecular complexity index is 860. The molecule has 0 radical (unpaired) electrons. The summed E-state index contributed by atoms with van der Waals surface area (Å²) in [6, 6.07) is 9.13. The molecule has 0 aromatic heterocycles. The third-order valence-electron chi connectivity index (χ3n) is 4.28. The number of esters is 4. The number of hydrogen-bond acceptors (Lipinski definition) is 9. The van der Waals surface area contributed by atoms with Crippen LogP contribution in [0.4, 0.5) is 0 Å². The van der Waals surface area contributed by atoms with E-state index in [4.69, 9.17) is 30.8 Å². The first-order valence-corrected chi connectivity index (χ1v) is 10.7. The van der Waals surface area contributed by atoms with Crippen LogP contribution in [0.5, 0.6) is 0 Å². The van der Waals surface area contributed by atoms with Crippen LogP contribution in [0.3, 0.4) is 0 Å². The second-order valence-electron chi connectivity index (χ2n) is 7.44. The summed E-state index contributed by atoms with van der Waals surface area (Å²) in [6.07, 6.45) is -0.451. The van der Waals surface area contributed by atoms with Crippen molar-refractivity contribution in [3.8, 4) is 6.07 Å². The second kappa shape index (κ2) is 15.8. The maximum absolute atomic E-state index is 12.0. The molecule has 0 bridgehead atoms. The number of carbonyl (C=O) groups excluding carboxylic acids is 4. The molecule has 2 atom stereocenters. The van der Waals surface area contributed by atoms with Crippen molar-refractivity contribution in [2.24, 2.45) is 0 Å². The van der Waals surface area contributed by atoms with Crippen molar-refractivity contribution in [3.63, 3.8) is 0 Å². The molecule has 1 aromatic rings. The average Bonchev–Trinajstić information content (AvgIpc) is 2.79. The van der Waals surface area contributed by atoms with Crippen LogP contribution in [0.15, 0.2) is 24.3 Å². The molecule has 0 aliphatic carbocycles.